The first-order chi connectivity index (χ1) is 15.4. The average molecular weight is 437 g/mol. The van der Waals surface area contributed by atoms with Gasteiger partial charge in [-0.15, -0.1) is 0 Å². The van der Waals surface area contributed by atoms with Crippen LogP contribution in [0.25, 0.3) is 0 Å². The van der Waals surface area contributed by atoms with Gasteiger partial charge in [0.15, 0.2) is 0 Å². The number of aliphatic hydroxyl groups is 1. The molecule has 1 aromatic carbocycles. The SMILES string of the molecule is CCCCCCCCCCCCCCOCCCOCC(CO)OCc1ccccc1. The van der Waals surface area contributed by atoms with Crippen molar-refractivity contribution in [3.8, 4) is 0 Å². The fourth-order valence-corrected chi connectivity index (χ4v) is 3.57. The van der Waals surface area contributed by atoms with Crippen molar-refractivity contribution in [2.45, 2.75) is 103 Å². The van der Waals surface area contributed by atoms with Crippen LogP contribution in [0.15, 0.2) is 30.3 Å². The van der Waals surface area contributed by atoms with Crippen LogP contribution in [0.3, 0.4) is 0 Å². The van der Waals surface area contributed by atoms with Crippen LogP contribution in [0.4, 0.5) is 0 Å². The van der Waals surface area contributed by atoms with Gasteiger partial charge in [-0.3, -0.25) is 0 Å². The quantitative estimate of drug-likeness (QED) is 0.194. The summed E-state index contributed by atoms with van der Waals surface area (Å²) in [7, 11) is 0. The van der Waals surface area contributed by atoms with Crippen molar-refractivity contribution < 1.29 is 19.3 Å². The van der Waals surface area contributed by atoms with Gasteiger partial charge in [0, 0.05) is 19.8 Å². The third kappa shape index (κ3) is 18.3. The first-order valence-corrected chi connectivity index (χ1v) is 12.8. The molecule has 1 unspecified atom stereocenters. The fourth-order valence-electron chi connectivity index (χ4n) is 3.57. The van der Waals surface area contributed by atoms with Gasteiger partial charge in [0.05, 0.1) is 19.8 Å². The summed E-state index contributed by atoms with van der Waals surface area (Å²) in [6, 6.07) is 9.99. The van der Waals surface area contributed by atoms with Gasteiger partial charge >= 0.3 is 0 Å². The molecule has 4 heteroatoms. The van der Waals surface area contributed by atoms with E-state index in [-0.39, 0.29) is 12.7 Å². The number of aliphatic hydroxyl groups excluding tert-OH is 1. The zero-order valence-corrected chi connectivity index (χ0v) is 20.1. The van der Waals surface area contributed by atoms with E-state index in [9.17, 15) is 5.11 Å². The topological polar surface area (TPSA) is 47.9 Å². The highest BCUT2D eigenvalue weighted by molar-refractivity contribution is 5.13. The lowest BCUT2D eigenvalue weighted by atomic mass is 10.1. The summed E-state index contributed by atoms with van der Waals surface area (Å²) < 4.78 is 17.0. The summed E-state index contributed by atoms with van der Waals surface area (Å²) >= 11 is 0. The summed E-state index contributed by atoms with van der Waals surface area (Å²) in [5.74, 6) is 0. The van der Waals surface area contributed by atoms with Crippen molar-refractivity contribution in [1.29, 1.82) is 0 Å². The van der Waals surface area contributed by atoms with E-state index in [4.69, 9.17) is 14.2 Å². The van der Waals surface area contributed by atoms with Crippen LogP contribution in [0.2, 0.25) is 0 Å². The molecule has 4 nitrogen and oxygen atoms in total. The number of unbranched alkanes of at least 4 members (excludes halogenated alkanes) is 11. The Balaban J connectivity index is 1.78. The second-order valence-corrected chi connectivity index (χ2v) is 8.53. The van der Waals surface area contributed by atoms with E-state index >= 15 is 0 Å². The lowest BCUT2D eigenvalue weighted by Crippen LogP contribution is -2.24. The summed E-state index contributed by atoms with van der Waals surface area (Å²) in [6.45, 7) is 5.41. The monoisotopic (exact) mass is 436 g/mol. The molecule has 31 heavy (non-hydrogen) atoms. The maximum Gasteiger partial charge on any atom is 0.104 e. The first kappa shape index (κ1) is 28.1. The van der Waals surface area contributed by atoms with Crippen molar-refractivity contribution in [2.75, 3.05) is 33.0 Å². The van der Waals surface area contributed by atoms with Gasteiger partial charge in [0.1, 0.15) is 6.10 Å². The molecule has 1 rings (SSSR count). The number of hydrogen-bond donors (Lipinski definition) is 1. The van der Waals surface area contributed by atoms with E-state index in [1.54, 1.807) is 0 Å². The molecule has 0 aliphatic heterocycles. The second kappa shape index (κ2) is 22.3. The minimum Gasteiger partial charge on any atom is -0.394 e. The highest BCUT2D eigenvalue weighted by Crippen LogP contribution is 2.12. The van der Waals surface area contributed by atoms with E-state index < -0.39 is 0 Å². The van der Waals surface area contributed by atoms with Gasteiger partial charge in [-0.1, -0.05) is 108 Å². The predicted octanol–water partition coefficient (Wildman–Crippen LogP) is 6.69. The Morgan fingerprint density at radius 3 is 1.84 bits per heavy atom. The van der Waals surface area contributed by atoms with Crippen molar-refractivity contribution in [1.82, 2.24) is 0 Å². The molecule has 1 atom stereocenters. The van der Waals surface area contributed by atoms with Crippen molar-refractivity contribution >= 4 is 0 Å². The molecule has 0 heterocycles. The van der Waals surface area contributed by atoms with Crippen molar-refractivity contribution in [2.24, 2.45) is 0 Å². The Kier molecular flexibility index (Phi) is 20.2. The molecule has 0 saturated heterocycles. The van der Waals surface area contributed by atoms with Crippen LogP contribution in [-0.4, -0.2) is 44.2 Å². The average Bonchev–Trinajstić information content (AvgIpc) is 2.81. The third-order valence-corrected chi connectivity index (χ3v) is 5.56. The number of rotatable bonds is 23. The summed E-state index contributed by atoms with van der Waals surface area (Å²) in [5.41, 5.74) is 1.10. The fraction of sp³-hybridized carbons (Fsp3) is 0.778. The van der Waals surface area contributed by atoms with Gasteiger partial charge in [-0.05, 0) is 18.4 Å². The van der Waals surface area contributed by atoms with Crippen LogP contribution in [0.1, 0.15) is 96.0 Å². The van der Waals surface area contributed by atoms with Gasteiger partial charge in [-0.25, -0.2) is 0 Å². The van der Waals surface area contributed by atoms with E-state index in [1.807, 2.05) is 30.3 Å². The molecule has 0 amide bonds. The number of hydrogen-bond acceptors (Lipinski definition) is 4. The molecule has 180 valence electrons. The van der Waals surface area contributed by atoms with Gasteiger partial charge in [-0.2, -0.15) is 0 Å². The van der Waals surface area contributed by atoms with Crippen LogP contribution >= 0.6 is 0 Å². The van der Waals surface area contributed by atoms with Crippen molar-refractivity contribution in [3.05, 3.63) is 35.9 Å². The van der Waals surface area contributed by atoms with E-state index in [2.05, 4.69) is 6.92 Å². The van der Waals surface area contributed by atoms with Crippen LogP contribution in [-0.2, 0) is 20.8 Å². The molecule has 1 N–H and O–H groups in total. The normalized spacial score (nSPS) is 12.3. The Morgan fingerprint density at radius 1 is 0.677 bits per heavy atom. The summed E-state index contributed by atoms with van der Waals surface area (Å²) in [6.07, 6.45) is 17.0. The van der Waals surface area contributed by atoms with E-state index in [1.165, 1.54) is 70.6 Å². The standard InChI is InChI=1S/C27H48O4/c1-2-3-4-5-6-7-8-9-10-11-12-16-20-29-21-17-22-30-25-27(23-28)31-24-26-18-14-13-15-19-26/h13-15,18-19,27-28H,2-12,16-17,20-25H2,1H3. The van der Waals surface area contributed by atoms with E-state index in [0.29, 0.717) is 19.8 Å². The molecule has 1 aromatic rings. The maximum atomic E-state index is 9.42. The molecular formula is C27H48O4. The molecular weight excluding hydrogens is 388 g/mol. The highest BCUT2D eigenvalue weighted by Gasteiger charge is 2.08. The molecule has 0 saturated carbocycles. The largest absolute Gasteiger partial charge is 0.394 e. The van der Waals surface area contributed by atoms with Gasteiger partial charge in [0.2, 0.25) is 0 Å². The Hall–Kier alpha value is -0.940. The molecule has 0 aromatic heterocycles. The summed E-state index contributed by atoms with van der Waals surface area (Å²) in [5, 5.41) is 9.42. The maximum absolute atomic E-state index is 9.42. The second-order valence-electron chi connectivity index (χ2n) is 8.53. The molecule has 0 aliphatic carbocycles. The van der Waals surface area contributed by atoms with Gasteiger partial charge < -0.3 is 19.3 Å². The predicted molar refractivity (Wildman–Crippen MR) is 129 cm³/mol. The zero-order valence-electron chi connectivity index (χ0n) is 20.1. The van der Waals surface area contributed by atoms with Crippen molar-refractivity contribution in [3.63, 3.8) is 0 Å². The zero-order chi connectivity index (χ0) is 22.2. The number of ether oxygens (including phenoxy) is 3. The number of benzene rings is 1. The minimum absolute atomic E-state index is 0.0255. The molecule has 0 fully saturated rings. The Morgan fingerprint density at radius 2 is 1.23 bits per heavy atom. The minimum atomic E-state index is -0.276. The lowest BCUT2D eigenvalue weighted by molar-refractivity contribution is -0.0522. The Labute approximate surface area is 191 Å². The lowest BCUT2D eigenvalue weighted by Gasteiger charge is -2.15. The molecule has 0 bridgehead atoms. The van der Waals surface area contributed by atoms with Crippen LogP contribution in [0.5, 0.6) is 0 Å². The van der Waals surface area contributed by atoms with Crippen LogP contribution in [0, 0.1) is 0 Å². The van der Waals surface area contributed by atoms with Gasteiger partial charge in [0.25, 0.3) is 0 Å². The van der Waals surface area contributed by atoms with E-state index in [0.717, 1.165) is 31.6 Å². The molecule has 0 spiro atoms. The smallest absolute Gasteiger partial charge is 0.104 e. The third-order valence-electron chi connectivity index (χ3n) is 5.56. The first-order valence-electron chi connectivity index (χ1n) is 12.8. The summed E-state index contributed by atoms with van der Waals surface area (Å²) in [4.78, 5) is 0. The van der Waals surface area contributed by atoms with Crippen LogP contribution < -0.4 is 0 Å². The molecule has 0 radical (unpaired) electrons. The molecule has 0 aliphatic rings. The highest BCUT2D eigenvalue weighted by atomic mass is 16.5. The Bertz CT molecular complexity index is 466.